The fraction of sp³-hybridized carbons (Fsp3) is 0.130. The van der Waals surface area contributed by atoms with Crippen LogP contribution in [0.5, 0.6) is 0 Å². The molecule has 0 spiro atoms. The van der Waals surface area contributed by atoms with Crippen LogP contribution < -0.4 is 0 Å². The molecule has 2 aromatic carbocycles. The fourth-order valence-electron chi connectivity index (χ4n) is 3.63. The van der Waals surface area contributed by atoms with E-state index < -0.39 is 0 Å². The highest BCUT2D eigenvalue weighted by molar-refractivity contribution is 9.10. The van der Waals surface area contributed by atoms with E-state index in [9.17, 15) is 0 Å². The van der Waals surface area contributed by atoms with E-state index in [-0.39, 0.29) is 0 Å². The molecule has 0 aliphatic carbocycles. The molecule has 0 fully saturated rings. The van der Waals surface area contributed by atoms with Crippen molar-refractivity contribution in [2.24, 2.45) is 0 Å². The quantitative estimate of drug-likeness (QED) is 0.317. The van der Waals surface area contributed by atoms with Gasteiger partial charge in [0.1, 0.15) is 0 Å². The first-order valence-corrected chi connectivity index (χ1v) is 10.0. The Morgan fingerprint density at radius 3 is 1.96 bits per heavy atom. The number of nitrogens with zero attached hydrogens (tertiary/aromatic N) is 2. The van der Waals surface area contributed by atoms with Gasteiger partial charge in [-0.05, 0) is 78.7 Å². The lowest BCUT2D eigenvalue weighted by Crippen LogP contribution is -2.04. The summed E-state index contributed by atoms with van der Waals surface area (Å²) in [6.07, 6.45) is 0. The van der Waals surface area contributed by atoms with Crippen LogP contribution in [0.15, 0.2) is 71.2 Å². The molecule has 27 heavy (non-hydrogen) atoms. The van der Waals surface area contributed by atoms with Crippen LogP contribution in [0.25, 0.3) is 22.6 Å². The summed E-state index contributed by atoms with van der Waals surface area (Å²) in [5, 5.41) is 0.717. The third-order valence-electron chi connectivity index (χ3n) is 4.90. The predicted molar refractivity (Wildman–Crippen MR) is 117 cm³/mol. The van der Waals surface area contributed by atoms with Gasteiger partial charge in [0, 0.05) is 27.2 Å². The molecular formula is C23H20BrClN2. The minimum Gasteiger partial charge on any atom is -0.316 e. The lowest BCUT2D eigenvalue weighted by atomic mass is 10.1. The van der Waals surface area contributed by atoms with E-state index in [2.05, 4.69) is 100 Å². The lowest BCUT2D eigenvalue weighted by molar-refractivity contribution is 0.953. The third-order valence-corrected chi connectivity index (χ3v) is 5.79. The van der Waals surface area contributed by atoms with Gasteiger partial charge in [-0.3, -0.25) is 0 Å². The summed E-state index contributed by atoms with van der Waals surface area (Å²) in [5.41, 5.74) is 7.83. The fourth-order valence-corrected chi connectivity index (χ4v) is 4.67. The Labute approximate surface area is 173 Å². The summed E-state index contributed by atoms with van der Waals surface area (Å²) >= 11 is 10.5. The molecular weight excluding hydrogens is 420 g/mol. The number of benzene rings is 2. The number of hydrogen-bond acceptors (Lipinski definition) is 0. The predicted octanol–water partition coefficient (Wildman–Crippen LogP) is 7.28. The minimum absolute atomic E-state index is 0.717. The van der Waals surface area contributed by atoms with Gasteiger partial charge in [0.05, 0.1) is 16.4 Å². The summed E-state index contributed by atoms with van der Waals surface area (Å²) < 4.78 is 5.39. The molecule has 0 amide bonds. The van der Waals surface area contributed by atoms with E-state index in [1.165, 1.54) is 5.56 Å². The van der Waals surface area contributed by atoms with Gasteiger partial charge in [0.15, 0.2) is 0 Å². The van der Waals surface area contributed by atoms with Crippen LogP contribution in [0.4, 0.5) is 0 Å². The molecule has 4 aromatic rings. The summed E-state index contributed by atoms with van der Waals surface area (Å²) in [4.78, 5) is 0. The molecule has 0 bridgehead atoms. The molecule has 136 valence electrons. The molecule has 2 aromatic heterocycles. The van der Waals surface area contributed by atoms with Gasteiger partial charge >= 0.3 is 0 Å². The Morgan fingerprint density at radius 2 is 1.33 bits per heavy atom. The number of halogens is 2. The van der Waals surface area contributed by atoms with Crippen molar-refractivity contribution in [3.63, 3.8) is 0 Å². The van der Waals surface area contributed by atoms with Gasteiger partial charge in [-0.15, -0.1) is 0 Å². The highest BCUT2D eigenvalue weighted by atomic mass is 79.9. The van der Waals surface area contributed by atoms with Crippen molar-refractivity contribution in [1.29, 1.82) is 0 Å². The molecule has 0 aliphatic rings. The lowest BCUT2D eigenvalue weighted by Gasteiger charge is -2.18. The molecule has 4 rings (SSSR count). The van der Waals surface area contributed by atoms with Crippen LogP contribution in [-0.4, -0.2) is 9.13 Å². The van der Waals surface area contributed by atoms with Crippen molar-refractivity contribution < 1.29 is 0 Å². The van der Waals surface area contributed by atoms with Gasteiger partial charge in [-0.1, -0.05) is 41.9 Å². The molecule has 0 radical (unpaired) electrons. The third kappa shape index (κ3) is 3.15. The smallest absolute Gasteiger partial charge is 0.0786 e. The summed E-state index contributed by atoms with van der Waals surface area (Å²) in [7, 11) is 0. The normalized spacial score (nSPS) is 11.1. The zero-order valence-corrected chi connectivity index (χ0v) is 17.8. The van der Waals surface area contributed by atoms with Crippen molar-refractivity contribution in [1.82, 2.24) is 9.13 Å². The molecule has 0 unspecified atom stereocenters. The average Bonchev–Trinajstić information content (AvgIpc) is 3.19. The molecule has 0 saturated heterocycles. The second-order valence-electron chi connectivity index (χ2n) is 6.77. The number of aryl methyl sites for hydroxylation is 3. The summed E-state index contributed by atoms with van der Waals surface area (Å²) in [6, 6.07) is 23.1. The molecule has 0 aliphatic heterocycles. The van der Waals surface area contributed by atoms with Gasteiger partial charge in [-0.2, -0.15) is 0 Å². The number of rotatable bonds is 3. The number of hydrogen-bond donors (Lipinski definition) is 0. The first-order valence-electron chi connectivity index (χ1n) is 8.86. The first kappa shape index (κ1) is 18.1. The second-order valence-corrected chi connectivity index (χ2v) is 8.03. The van der Waals surface area contributed by atoms with Gasteiger partial charge < -0.3 is 9.13 Å². The molecule has 0 N–H and O–H groups in total. The van der Waals surface area contributed by atoms with Crippen molar-refractivity contribution in [2.45, 2.75) is 20.8 Å². The molecule has 0 saturated carbocycles. The minimum atomic E-state index is 0.717. The SMILES string of the molecule is Cc1ccc(C)n1-c1c(Cl)cc(-n2c(C)ccc2-c2ccccc2)cc1Br. The van der Waals surface area contributed by atoms with Crippen molar-refractivity contribution in [3.05, 3.63) is 93.3 Å². The van der Waals surface area contributed by atoms with Crippen LogP contribution in [0.3, 0.4) is 0 Å². The highest BCUT2D eigenvalue weighted by Crippen LogP contribution is 2.36. The van der Waals surface area contributed by atoms with Crippen LogP contribution in [0, 0.1) is 20.8 Å². The zero-order chi connectivity index (χ0) is 19.1. The highest BCUT2D eigenvalue weighted by Gasteiger charge is 2.16. The van der Waals surface area contributed by atoms with E-state index in [4.69, 9.17) is 11.6 Å². The first-order chi connectivity index (χ1) is 13.0. The average molecular weight is 440 g/mol. The van der Waals surface area contributed by atoms with Gasteiger partial charge in [0.2, 0.25) is 0 Å². The van der Waals surface area contributed by atoms with Crippen LogP contribution in [-0.2, 0) is 0 Å². The van der Waals surface area contributed by atoms with Crippen LogP contribution in [0.1, 0.15) is 17.1 Å². The summed E-state index contributed by atoms with van der Waals surface area (Å²) in [6.45, 7) is 6.29. The second kappa shape index (κ2) is 7.06. The largest absolute Gasteiger partial charge is 0.316 e. The van der Waals surface area contributed by atoms with E-state index in [1.807, 2.05) is 12.1 Å². The molecule has 2 nitrogen and oxygen atoms in total. The van der Waals surface area contributed by atoms with Crippen molar-refractivity contribution >= 4 is 27.5 Å². The van der Waals surface area contributed by atoms with Crippen LogP contribution >= 0.6 is 27.5 Å². The monoisotopic (exact) mass is 438 g/mol. The maximum absolute atomic E-state index is 6.77. The molecule has 4 heteroatoms. The van der Waals surface area contributed by atoms with E-state index >= 15 is 0 Å². The van der Waals surface area contributed by atoms with Gasteiger partial charge in [0.25, 0.3) is 0 Å². The zero-order valence-electron chi connectivity index (χ0n) is 15.5. The Morgan fingerprint density at radius 1 is 0.741 bits per heavy atom. The maximum atomic E-state index is 6.77. The van der Waals surface area contributed by atoms with E-state index in [1.54, 1.807) is 0 Å². The van der Waals surface area contributed by atoms with E-state index in [0.717, 1.165) is 38.6 Å². The van der Waals surface area contributed by atoms with Crippen LogP contribution in [0.2, 0.25) is 5.02 Å². The van der Waals surface area contributed by atoms with Crippen molar-refractivity contribution in [3.8, 4) is 22.6 Å². The van der Waals surface area contributed by atoms with E-state index in [0.29, 0.717) is 5.02 Å². The topological polar surface area (TPSA) is 9.86 Å². The summed E-state index contributed by atoms with van der Waals surface area (Å²) in [5.74, 6) is 0. The number of aromatic nitrogens is 2. The Hall–Kier alpha value is -2.23. The Kier molecular flexibility index (Phi) is 4.75. The Balaban J connectivity index is 1.90. The molecule has 2 heterocycles. The Bertz CT molecular complexity index is 1080. The maximum Gasteiger partial charge on any atom is 0.0786 e. The van der Waals surface area contributed by atoms with Crippen molar-refractivity contribution in [2.75, 3.05) is 0 Å². The standard InChI is InChI=1S/C23H20BrClN2/c1-15-9-10-16(2)26(15)23-20(24)13-19(14-21(23)25)27-17(3)11-12-22(27)18-7-5-4-6-8-18/h4-14H,1-3H3. The van der Waals surface area contributed by atoms with Gasteiger partial charge in [-0.25, -0.2) is 0 Å². The molecule has 0 atom stereocenters.